The van der Waals surface area contributed by atoms with Crippen LogP contribution < -0.4 is 14.2 Å². The normalized spacial score (nSPS) is 11.1. The van der Waals surface area contributed by atoms with Gasteiger partial charge in [0.2, 0.25) is 10.9 Å². The second-order valence-corrected chi connectivity index (χ2v) is 5.79. The van der Waals surface area contributed by atoms with Crippen molar-refractivity contribution in [1.82, 2.24) is 19.7 Å². The van der Waals surface area contributed by atoms with Crippen LogP contribution in [0.15, 0.2) is 36.4 Å². The van der Waals surface area contributed by atoms with Crippen molar-refractivity contribution < 1.29 is 17.9 Å². The minimum absolute atomic E-state index is 0.249. The van der Waals surface area contributed by atoms with Crippen molar-refractivity contribution >= 4 is 21.9 Å². The topological polar surface area (TPSA) is 95.3 Å². The number of benzene rings is 2. The molecule has 0 aliphatic heterocycles. The maximum absolute atomic E-state index is 10.6. The van der Waals surface area contributed by atoms with Gasteiger partial charge < -0.3 is 9.47 Å². The first kappa shape index (κ1) is 16.2. The van der Waals surface area contributed by atoms with Gasteiger partial charge in [0.15, 0.2) is 11.3 Å². The molecule has 3 rings (SSSR count). The maximum atomic E-state index is 10.6. The summed E-state index contributed by atoms with van der Waals surface area (Å²) < 4.78 is 35.8. The number of methoxy groups -OCH3 is 2. The molecule has 3 aromatic rings. The van der Waals surface area contributed by atoms with Gasteiger partial charge in [-0.2, -0.15) is 0 Å². The van der Waals surface area contributed by atoms with E-state index in [9.17, 15) is 8.42 Å². The molecule has 0 saturated carbocycles. The molecule has 1 aromatic heterocycles. The second kappa shape index (κ2) is 6.85. The van der Waals surface area contributed by atoms with Crippen LogP contribution in [-0.4, -0.2) is 37.6 Å². The average molecular weight is 348 g/mol. The monoisotopic (exact) mass is 348 g/mol. The molecule has 0 atom stereocenters. The Kier molecular flexibility index (Phi) is 4.63. The van der Waals surface area contributed by atoms with E-state index in [1.807, 2.05) is 30.3 Å². The Balaban J connectivity index is 2.00. The Bertz CT molecular complexity index is 927. The highest BCUT2D eigenvalue weighted by Crippen LogP contribution is 2.30. The number of aromatic nitrogens is 3. The van der Waals surface area contributed by atoms with E-state index < -0.39 is 10.9 Å². The van der Waals surface area contributed by atoms with Crippen molar-refractivity contribution in [1.29, 1.82) is 0 Å². The highest BCUT2D eigenvalue weighted by molar-refractivity contribution is 7.70. The Morgan fingerprint density at radius 2 is 1.88 bits per heavy atom. The molecule has 0 amide bonds. The van der Waals surface area contributed by atoms with Gasteiger partial charge in [-0.15, -0.1) is 5.10 Å². The van der Waals surface area contributed by atoms with Gasteiger partial charge in [-0.3, -0.25) is 0 Å². The summed E-state index contributed by atoms with van der Waals surface area (Å²) in [6, 6.07) is 10.9. The van der Waals surface area contributed by atoms with Crippen LogP contribution >= 0.6 is 0 Å². The number of nitrogens with one attached hydrogen (secondary N) is 1. The number of ether oxygens (including phenoxy) is 2. The van der Waals surface area contributed by atoms with Gasteiger partial charge in [-0.05, 0) is 17.7 Å². The first-order chi connectivity index (χ1) is 11.6. The van der Waals surface area contributed by atoms with Gasteiger partial charge in [-0.1, -0.05) is 17.3 Å². The molecule has 0 saturated heterocycles. The average Bonchev–Trinajstić information content (AvgIpc) is 3.03. The third-order valence-electron chi connectivity index (χ3n) is 3.54. The Morgan fingerprint density at radius 3 is 2.50 bits per heavy atom. The standard InChI is InChI=1S/C15H16N4O4S/c1-22-12-7-13-15(14(8-12)23-2)17-18-19(13)11-5-3-10(4-6-11)9-16-24(20)21/h3-8,24H,9H2,1-2H3,(H,16,20,21). The number of fused-ring (bicyclic) bond motifs is 1. The van der Waals surface area contributed by atoms with E-state index in [1.54, 1.807) is 25.0 Å². The van der Waals surface area contributed by atoms with Crippen LogP contribution in [0, 0.1) is 0 Å². The Hall–Kier alpha value is -2.65. The van der Waals surface area contributed by atoms with Gasteiger partial charge in [0.25, 0.3) is 0 Å². The molecular weight excluding hydrogens is 332 g/mol. The molecule has 0 aliphatic carbocycles. The summed E-state index contributed by atoms with van der Waals surface area (Å²) >= 11 is 0. The predicted octanol–water partition coefficient (Wildman–Crippen LogP) is 1.05. The molecule has 0 spiro atoms. The van der Waals surface area contributed by atoms with Crippen LogP contribution in [0.3, 0.4) is 0 Å². The molecular formula is C15H16N4O4S. The number of rotatable bonds is 6. The van der Waals surface area contributed by atoms with Gasteiger partial charge >= 0.3 is 0 Å². The molecule has 0 unspecified atom stereocenters. The largest absolute Gasteiger partial charge is 0.497 e. The van der Waals surface area contributed by atoms with Crippen LogP contribution in [-0.2, 0) is 17.4 Å². The van der Waals surface area contributed by atoms with Crippen LogP contribution in [0.1, 0.15) is 5.56 Å². The molecule has 9 heteroatoms. The minimum Gasteiger partial charge on any atom is -0.497 e. The van der Waals surface area contributed by atoms with Crippen LogP contribution in [0.25, 0.3) is 16.7 Å². The fourth-order valence-corrected chi connectivity index (χ4v) is 2.65. The smallest absolute Gasteiger partial charge is 0.201 e. The number of hydrogen-bond donors (Lipinski definition) is 2. The number of hydrogen-bond acceptors (Lipinski definition) is 6. The Labute approximate surface area is 140 Å². The summed E-state index contributed by atoms with van der Waals surface area (Å²) in [5.41, 5.74) is 3.02. The lowest BCUT2D eigenvalue weighted by molar-refractivity contribution is 0.397. The third-order valence-corrected chi connectivity index (χ3v) is 3.96. The summed E-state index contributed by atoms with van der Waals surface area (Å²) in [5.74, 6) is 1.22. The summed E-state index contributed by atoms with van der Waals surface area (Å²) in [5, 5.41) is 8.34. The molecule has 24 heavy (non-hydrogen) atoms. The van der Waals surface area contributed by atoms with E-state index in [4.69, 9.17) is 9.47 Å². The first-order valence-corrected chi connectivity index (χ1v) is 8.25. The van der Waals surface area contributed by atoms with Crippen molar-refractivity contribution in [3.8, 4) is 17.2 Å². The molecule has 1 N–H and O–H groups in total. The SMILES string of the molecule is COc1cc(OC)c2nnn(-c3ccc(CN[SH](=O)=O)cc3)c2c1. The first-order valence-electron chi connectivity index (χ1n) is 7.07. The number of nitrogens with zero attached hydrogens (tertiary/aromatic N) is 3. The quantitative estimate of drug-likeness (QED) is 0.647. The molecule has 0 radical (unpaired) electrons. The summed E-state index contributed by atoms with van der Waals surface area (Å²) in [6.45, 7) is 0.249. The second-order valence-electron chi connectivity index (χ2n) is 4.96. The minimum atomic E-state index is -2.61. The summed E-state index contributed by atoms with van der Waals surface area (Å²) in [7, 11) is 0.538. The Morgan fingerprint density at radius 1 is 1.12 bits per heavy atom. The molecule has 0 bridgehead atoms. The van der Waals surface area contributed by atoms with E-state index in [2.05, 4.69) is 15.0 Å². The van der Waals surface area contributed by atoms with Gasteiger partial charge in [0, 0.05) is 18.7 Å². The summed E-state index contributed by atoms with van der Waals surface area (Å²) in [4.78, 5) is 0. The molecule has 0 aliphatic rings. The molecule has 126 valence electrons. The highest BCUT2D eigenvalue weighted by Gasteiger charge is 2.13. The zero-order chi connectivity index (χ0) is 17.1. The lowest BCUT2D eigenvalue weighted by Gasteiger charge is -2.07. The van der Waals surface area contributed by atoms with Crippen molar-refractivity contribution in [2.45, 2.75) is 6.54 Å². The van der Waals surface area contributed by atoms with Crippen LogP contribution in [0.2, 0.25) is 0 Å². The van der Waals surface area contributed by atoms with Crippen molar-refractivity contribution in [3.63, 3.8) is 0 Å². The van der Waals surface area contributed by atoms with Gasteiger partial charge in [0.05, 0.1) is 19.9 Å². The van der Waals surface area contributed by atoms with Crippen LogP contribution in [0.5, 0.6) is 11.5 Å². The number of thiol groups is 1. The maximum Gasteiger partial charge on any atom is 0.201 e. The molecule has 0 fully saturated rings. The van der Waals surface area contributed by atoms with E-state index >= 15 is 0 Å². The van der Waals surface area contributed by atoms with E-state index in [0.717, 1.165) is 16.8 Å². The van der Waals surface area contributed by atoms with Crippen LogP contribution in [0.4, 0.5) is 0 Å². The lowest BCUT2D eigenvalue weighted by Crippen LogP contribution is -2.10. The molecule has 8 nitrogen and oxygen atoms in total. The fraction of sp³-hybridized carbons (Fsp3) is 0.200. The zero-order valence-electron chi connectivity index (χ0n) is 13.1. The van der Waals surface area contributed by atoms with Crippen molar-refractivity contribution in [2.24, 2.45) is 0 Å². The summed E-state index contributed by atoms with van der Waals surface area (Å²) in [6.07, 6.45) is 0. The van der Waals surface area contributed by atoms with E-state index in [0.29, 0.717) is 17.0 Å². The fourth-order valence-electron chi connectivity index (χ4n) is 2.34. The lowest BCUT2D eigenvalue weighted by atomic mass is 10.2. The van der Waals surface area contributed by atoms with Gasteiger partial charge in [0.1, 0.15) is 11.3 Å². The predicted molar refractivity (Wildman–Crippen MR) is 89.1 cm³/mol. The molecule has 2 aromatic carbocycles. The highest BCUT2D eigenvalue weighted by atomic mass is 32.2. The van der Waals surface area contributed by atoms with Crippen molar-refractivity contribution in [3.05, 3.63) is 42.0 Å². The van der Waals surface area contributed by atoms with Gasteiger partial charge in [-0.25, -0.2) is 17.8 Å². The molecule has 1 heterocycles. The van der Waals surface area contributed by atoms with E-state index in [1.165, 1.54) is 0 Å². The van der Waals surface area contributed by atoms with E-state index in [-0.39, 0.29) is 6.54 Å². The van der Waals surface area contributed by atoms with Crippen molar-refractivity contribution in [2.75, 3.05) is 14.2 Å². The zero-order valence-corrected chi connectivity index (χ0v) is 14.0. The third kappa shape index (κ3) is 3.17.